The molecule has 0 saturated heterocycles. The molecule has 130 valence electrons. The molecule has 0 spiro atoms. The molecular weight excluding hydrogens is 304 g/mol. The largest absolute Gasteiger partial charge is 0.493 e. The normalized spacial score (nSPS) is 12.2. The highest BCUT2D eigenvalue weighted by atomic mass is 16.5. The lowest BCUT2D eigenvalue weighted by Gasteiger charge is -2.22. The molecule has 0 aliphatic heterocycles. The SMILES string of the molecule is CCCCOc1ccccc1C(=O)NC[C@@H](c1ccco1)N(C)C. The highest BCUT2D eigenvalue weighted by molar-refractivity contribution is 5.96. The van der Waals surface area contributed by atoms with Crippen molar-refractivity contribution >= 4 is 5.91 Å². The maximum absolute atomic E-state index is 12.6. The summed E-state index contributed by atoms with van der Waals surface area (Å²) in [5.41, 5.74) is 0.561. The molecule has 0 aliphatic rings. The van der Waals surface area contributed by atoms with Crippen molar-refractivity contribution in [2.75, 3.05) is 27.2 Å². The van der Waals surface area contributed by atoms with E-state index in [9.17, 15) is 4.79 Å². The van der Waals surface area contributed by atoms with Crippen molar-refractivity contribution in [3.8, 4) is 5.75 Å². The minimum absolute atomic E-state index is 0.0166. The molecule has 2 rings (SSSR count). The third-order valence-corrected chi connectivity index (χ3v) is 3.84. The van der Waals surface area contributed by atoms with E-state index in [1.165, 1.54) is 0 Å². The maximum atomic E-state index is 12.6. The molecule has 0 saturated carbocycles. The summed E-state index contributed by atoms with van der Waals surface area (Å²) in [5.74, 6) is 1.32. The average Bonchev–Trinajstić information content (AvgIpc) is 3.09. The summed E-state index contributed by atoms with van der Waals surface area (Å²) in [6.07, 6.45) is 3.67. The number of nitrogens with one attached hydrogen (secondary N) is 1. The highest BCUT2D eigenvalue weighted by Gasteiger charge is 2.19. The van der Waals surface area contributed by atoms with E-state index in [1.54, 1.807) is 12.3 Å². The van der Waals surface area contributed by atoms with Gasteiger partial charge in [-0.15, -0.1) is 0 Å². The highest BCUT2D eigenvalue weighted by Crippen LogP contribution is 2.20. The van der Waals surface area contributed by atoms with Crippen molar-refractivity contribution in [2.45, 2.75) is 25.8 Å². The van der Waals surface area contributed by atoms with Crippen LogP contribution in [0.1, 0.15) is 41.9 Å². The number of furan rings is 1. The Morgan fingerprint density at radius 2 is 2.04 bits per heavy atom. The second-order valence-electron chi connectivity index (χ2n) is 5.90. The summed E-state index contributed by atoms with van der Waals surface area (Å²) in [6, 6.07) is 11.1. The second-order valence-corrected chi connectivity index (χ2v) is 5.90. The Kier molecular flexibility index (Phi) is 6.88. The number of likely N-dealkylation sites (N-methyl/N-ethyl adjacent to an activating group) is 1. The van der Waals surface area contributed by atoms with E-state index in [1.807, 2.05) is 49.3 Å². The Morgan fingerprint density at radius 3 is 2.71 bits per heavy atom. The molecule has 0 radical (unpaired) electrons. The molecule has 0 bridgehead atoms. The minimum atomic E-state index is -0.138. The van der Waals surface area contributed by atoms with E-state index in [0.29, 0.717) is 24.5 Å². The lowest BCUT2D eigenvalue weighted by atomic mass is 10.1. The van der Waals surface area contributed by atoms with Crippen molar-refractivity contribution in [2.24, 2.45) is 0 Å². The molecule has 1 N–H and O–H groups in total. The van der Waals surface area contributed by atoms with Crippen molar-refractivity contribution in [1.82, 2.24) is 10.2 Å². The van der Waals surface area contributed by atoms with Gasteiger partial charge in [0.1, 0.15) is 11.5 Å². The Morgan fingerprint density at radius 1 is 1.25 bits per heavy atom. The van der Waals surface area contributed by atoms with Gasteiger partial charge >= 0.3 is 0 Å². The van der Waals surface area contributed by atoms with E-state index < -0.39 is 0 Å². The van der Waals surface area contributed by atoms with E-state index >= 15 is 0 Å². The molecule has 1 heterocycles. The van der Waals surface area contributed by atoms with Crippen LogP contribution in [0.3, 0.4) is 0 Å². The summed E-state index contributed by atoms with van der Waals surface area (Å²) < 4.78 is 11.2. The number of ether oxygens (including phenoxy) is 1. The molecule has 5 nitrogen and oxygen atoms in total. The number of hydrogen-bond acceptors (Lipinski definition) is 4. The first-order valence-electron chi connectivity index (χ1n) is 8.33. The number of nitrogens with zero attached hydrogens (tertiary/aromatic N) is 1. The van der Waals surface area contributed by atoms with Gasteiger partial charge in [0.2, 0.25) is 0 Å². The second kappa shape index (κ2) is 9.13. The van der Waals surface area contributed by atoms with Gasteiger partial charge in [0, 0.05) is 6.54 Å². The van der Waals surface area contributed by atoms with Gasteiger partial charge < -0.3 is 14.5 Å². The Bertz CT molecular complexity index is 623. The molecule has 5 heteroatoms. The van der Waals surface area contributed by atoms with Crippen LogP contribution in [0.15, 0.2) is 47.1 Å². The van der Waals surface area contributed by atoms with E-state index in [2.05, 4.69) is 12.2 Å². The molecule has 1 aromatic heterocycles. The van der Waals surface area contributed by atoms with Gasteiger partial charge in [0.25, 0.3) is 5.91 Å². The average molecular weight is 330 g/mol. The summed E-state index contributed by atoms with van der Waals surface area (Å²) >= 11 is 0. The first kappa shape index (κ1) is 18.1. The van der Waals surface area contributed by atoms with Crippen molar-refractivity contribution in [3.63, 3.8) is 0 Å². The predicted octanol–water partition coefficient (Wildman–Crippen LogP) is 3.49. The Labute approximate surface area is 143 Å². The van der Waals surface area contributed by atoms with Gasteiger partial charge in [-0.3, -0.25) is 9.69 Å². The standard InChI is InChI=1S/C19H26N2O3/c1-4-5-12-23-17-10-7-6-9-15(17)19(22)20-14-16(21(2)3)18-11-8-13-24-18/h6-11,13,16H,4-5,12,14H2,1-3H3,(H,20,22)/t16-/m0/s1. The third kappa shape index (κ3) is 4.86. The number of carbonyl (C=O) groups is 1. The van der Waals surface area contributed by atoms with Crippen molar-refractivity contribution in [3.05, 3.63) is 54.0 Å². The number of hydrogen-bond donors (Lipinski definition) is 1. The molecule has 24 heavy (non-hydrogen) atoms. The van der Waals surface area contributed by atoms with Crippen LogP contribution >= 0.6 is 0 Å². The van der Waals surface area contributed by atoms with Gasteiger partial charge in [0.15, 0.2) is 0 Å². The number of para-hydroxylation sites is 1. The van der Waals surface area contributed by atoms with Crippen LogP contribution in [0.5, 0.6) is 5.75 Å². The summed E-state index contributed by atoms with van der Waals surface area (Å²) in [7, 11) is 3.92. The zero-order valence-electron chi connectivity index (χ0n) is 14.6. The van der Waals surface area contributed by atoms with Gasteiger partial charge in [-0.25, -0.2) is 0 Å². The lowest BCUT2D eigenvalue weighted by molar-refractivity contribution is 0.0935. The van der Waals surface area contributed by atoms with Crippen LogP contribution in [-0.4, -0.2) is 38.1 Å². The van der Waals surface area contributed by atoms with Gasteiger partial charge in [-0.1, -0.05) is 25.5 Å². The fourth-order valence-electron chi connectivity index (χ4n) is 2.41. The molecule has 2 aromatic rings. The van der Waals surface area contributed by atoms with Crippen LogP contribution in [0.4, 0.5) is 0 Å². The monoisotopic (exact) mass is 330 g/mol. The molecule has 1 atom stereocenters. The number of carbonyl (C=O) groups excluding carboxylic acids is 1. The van der Waals surface area contributed by atoms with Crippen molar-refractivity contribution < 1.29 is 13.9 Å². The van der Waals surface area contributed by atoms with Gasteiger partial charge in [0.05, 0.1) is 24.5 Å². The predicted molar refractivity (Wildman–Crippen MR) is 94.3 cm³/mol. The molecule has 1 aromatic carbocycles. The smallest absolute Gasteiger partial charge is 0.255 e. The van der Waals surface area contributed by atoms with Crippen LogP contribution in [-0.2, 0) is 0 Å². The number of unbranched alkanes of at least 4 members (excludes halogenated alkanes) is 1. The summed E-state index contributed by atoms with van der Waals surface area (Å²) in [4.78, 5) is 14.6. The lowest BCUT2D eigenvalue weighted by Crippen LogP contribution is -2.34. The Balaban J connectivity index is 2.01. The number of amides is 1. The zero-order valence-corrected chi connectivity index (χ0v) is 14.6. The van der Waals surface area contributed by atoms with E-state index in [4.69, 9.17) is 9.15 Å². The van der Waals surface area contributed by atoms with Crippen LogP contribution in [0.2, 0.25) is 0 Å². The topological polar surface area (TPSA) is 54.7 Å². The maximum Gasteiger partial charge on any atom is 0.255 e. The number of benzene rings is 1. The third-order valence-electron chi connectivity index (χ3n) is 3.84. The molecule has 0 unspecified atom stereocenters. The van der Waals surface area contributed by atoms with Gasteiger partial charge in [-0.05, 0) is 44.8 Å². The molecule has 1 amide bonds. The van der Waals surface area contributed by atoms with Gasteiger partial charge in [-0.2, -0.15) is 0 Å². The van der Waals surface area contributed by atoms with Crippen LogP contribution in [0, 0.1) is 0 Å². The fourth-order valence-corrected chi connectivity index (χ4v) is 2.41. The Hall–Kier alpha value is -2.27. The first-order valence-corrected chi connectivity index (χ1v) is 8.33. The fraction of sp³-hybridized carbons (Fsp3) is 0.421. The minimum Gasteiger partial charge on any atom is -0.493 e. The quantitative estimate of drug-likeness (QED) is 0.715. The molecule has 0 aliphatic carbocycles. The van der Waals surface area contributed by atoms with Crippen LogP contribution in [0.25, 0.3) is 0 Å². The van der Waals surface area contributed by atoms with Crippen LogP contribution < -0.4 is 10.1 Å². The number of rotatable bonds is 9. The van der Waals surface area contributed by atoms with E-state index in [0.717, 1.165) is 18.6 Å². The van der Waals surface area contributed by atoms with E-state index in [-0.39, 0.29) is 11.9 Å². The van der Waals surface area contributed by atoms with Crippen molar-refractivity contribution in [1.29, 1.82) is 0 Å². The summed E-state index contributed by atoms with van der Waals surface area (Å²) in [5, 5.41) is 2.98. The first-order chi connectivity index (χ1) is 11.6. The zero-order chi connectivity index (χ0) is 17.4. The molecular formula is C19H26N2O3. The molecule has 0 fully saturated rings. The summed E-state index contributed by atoms with van der Waals surface area (Å²) in [6.45, 7) is 3.19.